The monoisotopic (exact) mass is 719 g/mol. The second-order valence-corrected chi connectivity index (χ2v) is 11.9. The average Bonchev–Trinajstić information content (AvgIpc) is 3.47. The van der Waals surface area contributed by atoms with Crippen molar-refractivity contribution < 1.29 is 52.2 Å². The zero-order valence-electron chi connectivity index (χ0n) is 30.9. The topological polar surface area (TPSA) is 113 Å². The molecule has 0 aromatic heterocycles. The molecule has 2 aromatic rings. The molecule has 0 atom stereocenters. The van der Waals surface area contributed by atoms with Crippen LogP contribution in [0.1, 0.15) is 43.2 Å². The third kappa shape index (κ3) is 18.6. The number of benzene rings is 2. The fourth-order valence-corrected chi connectivity index (χ4v) is 5.31. The summed E-state index contributed by atoms with van der Waals surface area (Å²) in [6.45, 7) is 12.4. The summed E-state index contributed by atoms with van der Waals surface area (Å²) < 4.78 is 55.3. The molecule has 51 heavy (non-hydrogen) atoms. The van der Waals surface area contributed by atoms with Crippen LogP contribution in [0.15, 0.2) is 48.5 Å². The van der Waals surface area contributed by atoms with Gasteiger partial charge in [0.15, 0.2) is 0 Å². The van der Waals surface area contributed by atoms with E-state index in [0.717, 1.165) is 13.0 Å². The lowest BCUT2D eigenvalue weighted by Gasteiger charge is -2.19. The molecule has 0 heterocycles. The van der Waals surface area contributed by atoms with Gasteiger partial charge in [-0.15, -0.1) is 0 Å². The standard InChI is InChI=1S/C39H61NO11/c1-3-4-9-15-42-17-19-44-21-23-46-25-27-48-29-31-50-32-30-49-28-26-47-24-22-45-20-18-43-16-14-40(2)39(41)51-33-38-36-12-7-5-10-34(36)35-11-6-8-13-37(35)38/h5-8,10-13,38H,3-4,9,14-33H2,1-2H3. The lowest BCUT2D eigenvalue weighted by molar-refractivity contribution is -0.0252. The summed E-state index contributed by atoms with van der Waals surface area (Å²) in [5.74, 6) is 0.0422. The summed E-state index contributed by atoms with van der Waals surface area (Å²) in [5, 5.41) is 0. The first-order chi connectivity index (χ1) is 25.2. The number of likely N-dealkylation sites (N-methyl/N-ethyl adjacent to an activating group) is 1. The van der Waals surface area contributed by atoms with Crippen molar-refractivity contribution in [3.05, 3.63) is 59.7 Å². The molecule has 0 N–H and O–H groups in total. The van der Waals surface area contributed by atoms with Gasteiger partial charge in [0.2, 0.25) is 0 Å². The van der Waals surface area contributed by atoms with Gasteiger partial charge >= 0.3 is 6.09 Å². The van der Waals surface area contributed by atoms with Crippen LogP contribution in [0.4, 0.5) is 4.79 Å². The zero-order chi connectivity index (χ0) is 36.0. The number of hydrogen-bond donors (Lipinski definition) is 0. The van der Waals surface area contributed by atoms with Crippen LogP contribution in [-0.4, -0.2) is 150 Å². The molecule has 288 valence electrons. The highest BCUT2D eigenvalue weighted by atomic mass is 16.6. The molecule has 0 saturated carbocycles. The molecule has 12 heteroatoms. The van der Waals surface area contributed by atoms with E-state index >= 15 is 0 Å². The molecular formula is C39H61NO11. The highest BCUT2D eigenvalue weighted by Crippen LogP contribution is 2.44. The predicted octanol–water partition coefficient (Wildman–Crippen LogP) is 5.21. The molecule has 0 spiro atoms. The maximum Gasteiger partial charge on any atom is 0.409 e. The van der Waals surface area contributed by atoms with Crippen LogP contribution >= 0.6 is 0 Å². The van der Waals surface area contributed by atoms with Crippen molar-refractivity contribution in [2.75, 3.05) is 139 Å². The Morgan fingerprint density at radius 2 is 0.863 bits per heavy atom. The van der Waals surface area contributed by atoms with E-state index in [1.165, 1.54) is 40.0 Å². The maximum atomic E-state index is 12.6. The Labute approximate surface area is 304 Å². The van der Waals surface area contributed by atoms with E-state index in [2.05, 4.69) is 31.2 Å². The second kappa shape index (κ2) is 28.9. The van der Waals surface area contributed by atoms with Crippen LogP contribution in [0.2, 0.25) is 0 Å². The van der Waals surface area contributed by atoms with Gasteiger partial charge in [0.1, 0.15) is 6.61 Å². The minimum atomic E-state index is -0.361. The first-order valence-corrected chi connectivity index (χ1v) is 18.5. The van der Waals surface area contributed by atoms with Gasteiger partial charge in [0.25, 0.3) is 0 Å². The molecule has 1 aliphatic carbocycles. The number of hydrogen-bond acceptors (Lipinski definition) is 11. The van der Waals surface area contributed by atoms with Crippen molar-refractivity contribution in [3.8, 4) is 11.1 Å². The number of carbonyl (C=O) groups excluding carboxylic acids is 1. The normalized spacial score (nSPS) is 12.3. The van der Waals surface area contributed by atoms with Crippen LogP contribution in [0.5, 0.6) is 0 Å². The van der Waals surface area contributed by atoms with Crippen molar-refractivity contribution in [1.82, 2.24) is 4.90 Å². The number of amides is 1. The van der Waals surface area contributed by atoms with E-state index in [-0.39, 0.29) is 12.0 Å². The van der Waals surface area contributed by atoms with Crippen LogP contribution < -0.4 is 0 Å². The summed E-state index contributed by atoms with van der Waals surface area (Å²) in [7, 11) is 1.72. The molecule has 0 bridgehead atoms. The van der Waals surface area contributed by atoms with E-state index in [0.29, 0.717) is 125 Å². The largest absolute Gasteiger partial charge is 0.448 e. The number of fused-ring (bicyclic) bond motifs is 3. The third-order valence-corrected chi connectivity index (χ3v) is 8.09. The molecular weight excluding hydrogens is 658 g/mol. The van der Waals surface area contributed by atoms with Gasteiger partial charge in [-0.1, -0.05) is 68.3 Å². The van der Waals surface area contributed by atoms with E-state index in [4.69, 9.17) is 47.4 Å². The van der Waals surface area contributed by atoms with Gasteiger partial charge in [0, 0.05) is 26.1 Å². The lowest BCUT2D eigenvalue weighted by Crippen LogP contribution is -2.32. The first kappa shape index (κ1) is 42.8. The highest BCUT2D eigenvalue weighted by Gasteiger charge is 2.29. The van der Waals surface area contributed by atoms with Crippen LogP contribution in [0.3, 0.4) is 0 Å². The SMILES string of the molecule is CCCCCOCCOCCOCCOCCOCCOCCOCCOCCOCCN(C)C(=O)OCC1c2ccccc2-c2ccccc21. The van der Waals surface area contributed by atoms with Gasteiger partial charge in [-0.05, 0) is 28.7 Å². The molecule has 12 nitrogen and oxygen atoms in total. The molecule has 0 fully saturated rings. The third-order valence-electron chi connectivity index (χ3n) is 8.09. The van der Waals surface area contributed by atoms with Gasteiger partial charge in [0.05, 0.1) is 112 Å². The minimum absolute atomic E-state index is 0.0422. The maximum absolute atomic E-state index is 12.6. The molecule has 0 radical (unpaired) electrons. The summed E-state index contributed by atoms with van der Waals surface area (Å²) in [5.41, 5.74) is 4.81. The lowest BCUT2D eigenvalue weighted by atomic mass is 9.98. The van der Waals surface area contributed by atoms with E-state index in [1.807, 2.05) is 24.3 Å². The molecule has 2 aromatic carbocycles. The summed E-state index contributed by atoms with van der Waals surface area (Å²) in [4.78, 5) is 14.1. The second-order valence-electron chi connectivity index (χ2n) is 11.9. The Balaban J connectivity index is 0.995. The number of unbranched alkanes of at least 4 members (excludes halogenated alkanes) is 2. The quantitative estimate of drug-likeness (QED) is 0.0907. The Bertz CT molecular complexity index is 1110. The molecule has 1 aliphatic rings. The predicted molar refractivity (Wildman–Crippen MR) is 195 cm³/mol. The summed E-state index contributed by atoms with van der Waals surface area (Å²) in [6, 6.07) is 16.6. The van der Waals surface area contributed by atoms with E-state index < -0.39 is 0 Å². The van der Waals surface area contributed by atoms with Crippen molar-refractivity contribution in [2.45, 2.75) is 32.1 Å². The first-order valence-electron chi connectivity index (χ1n) is 18.5. The Kier molecular flexibility index (Phi) is 24.2. The van der Waals surface area contributed by atoms with Gasteiger partial charge in [-0.3, -0.25) is 0 Å². The molecule has 0 unspecified atom stereocenters. The Morgan fingerprint density at radius 1 is 0.510 bits per heavy atom. The number of rotatable bonds is 33. The Morgan fingerprint density at radius 3 is 1.25 bits per heavy atom. The molecule has 3 rings (SSSR count). The number of carbonyl (C=O) groups is 1. The fraction of sp³-hybridized carbons (Fsp3) is 0.667. The van der Waals surface area contributed by atoms with Crippen molar-refractivity contribution in [3.63, 3.8) is 0 Å². The van der Waals surface area contributed by atoms with Crippen molar-refractivity contribution in [2.24, 2.45) is 0 Å². The minimum Gasteiger partial charge on any atom is -0.448 e. The van der Waals surface area contributed by atoms with Gasteiger partial charge < -0.3 is 52.3 Å². The van der Waals surface area contributed by atoms with Crippen LogP contribution in [0.25, 0.3) is 11.1 Å². The molecule has 1 amide bonds. The van der Waals surface area contributed by atoms with Crippen LogP contribution in [0, 0.1) is 0 Å². The average molecular weight is 720 g/mol. The van der Waals surface area contributed by atoms with Crippen molar-refractivity contribution in [1.29, 1.82) is 0 Å². The van der Waals surface area contributed by atoms with Gasteiger partial charge in [-0.2, -0.15) is 0 Å². The molecule has 0 saturated heterocycles. The fourth-order valence-electron chi connectivity index (χ4n) is 5.31. The smallest absolute Gasteiger partial charge is 0.409 e. The zero-order valence-corrected chi connectivity index (χ0v) is 30.9. The highest BCUT2D eigenvalue weighted by molar-refractivity contribution is 5.79. The Hall–Kier alpha value is -2.65. The summed E-state index contributed by atoms with van der Waals surface area (Å²) >= 11 is 0. The van der Waals surface area contributed by atoms with E-state index in [9.17, 15) is 4.79 Å². The van der Waals surface area contributed by atoms with Crippen LogP contribution in [-0.2, 0) is 47.4 Å². The number of ether oxygens (including phenoxy) is 10. The summed E-state index contributed by atoms with van der Waals surface area (Å²) in [6.07, 6.45) is 3.17. The van der Waals surface area contributed by atoms with Crippen molar-refractivity contribution >= 4 is 6.09 Å². The van der Waals surface area contributed by atoms with E-state index in [1.54, 1.807) is 7.05 Å². The molecule has 0 aliphatic heterocycles. The number of nitrogens with zero attached hydrogens (tertiary/aromatic N) is 1. The van der Waals surface area contributed by atoms with Gasteiger partial charge in [-0.25, -0.2) is 4.79 Å².